The molecular formula is C4H9N3O. The molecule has 4 nitrogen and oxygen atoms in total. The highest BCUT2D eigenvalue weighted by atomic mass is 16.3. The first kappa shape index (κ1) is 7.27. The zero-order valence-corrected chi connectivity index (χ0v) is 4.78. The fourth-order valence-electron chi connectivity index (χ4n) is 0.333. The van der Waals surface area contributed by atoms with Crippen molar-refractivity contribution in [2.75, 3.05) is 6.61 Å². The van der Waals surface area contributed by atoms with E-state index in [-0.39, 0.29) is 12.6 Å². The van der Waals surface area contributed by atoms with Crippen molar-refractivity contribution in [3.05, 3.63) is 10.4 Å². The van der Waals surface area contributed by atoms with Gasteiger partial charge < -0.3 is 5.11 Å². The number of hydrogen-bond donors (Lipinski definition) is 1. The molecule has 0 radical (unpaired) electrons. The maximum Gasteiger partial charge on any atom is 0.0434 e. The molecule has 0 aromatic heterocycles. The molecule has 0 saturated heterocycles. The molecule has 0 saturated carbocycles. The van der Waals surface area contributed by atoms with E-state index < -0.39 is 0 Å². The van der Waals surface area contributed by atoms with E-state index >= 15 is 0 Å². The molecular weight excluding hydrogens is 106 g/mol. The Bertz CT molecular complexity index is 97.5. The predicted octanol–water partition coefficient (Wildman–Crippen LogP) is 1.07. The third-order valence-electron chi connectivity index (χ3n) is 0.796. The minimum Gasteiger partial charge on any atom is -0.396 e. The monoisotopic (exact) mass is 115 g/mol. The van der Waals surface area contributed by atoms with Crippen LogP contribution in [0.4, 0.5) is 0 Å². The molecule has 0 spiro atoms. The van der Waals surface area contributed by atoms with Gasteiger partial charge in [-0.1, -0.05) is 12.0 Å². The summed E-state index contributed by atoms with van der Waals surface area (Å²) in [5.74, 6) is 0. The van der Waals surface area contributed by atoms with Crippen molar-refractivity contribution in [1.29, 1.82) is 0 Å². The van der Waals surface area contributed by atoms with Crippen molar-refractivity contribution < 1.29 is 5.11 Å². The lowest BCUT2D eigenvalue weighted by molar-refractivity contribution is 0.279. The maximum absolute atomic E-state index is 8.28. The molecule has 0 amide bonds. The molecule has 1 unspecified atom stereocenters. The van der Waals surface area contributed by atoms with Crippen LogP contribution in [0.2, 0.25) is 0 Å². The lowest BCUT2D eigenvalue weighted by Gasteiger charge is -1.96. The van der Waals surface area contributed by atoms with Gasteiger partial charge in [-0.3, -0.25) is 0 Å². The van der Waals surface area contributed by atoms with E-state index in [1.807, 2.05) is 0 Å². The lowest BCUT2D eigenvalue weighted by Crippen LogP contribution is -1.98. The van der Waals surface area contributed by atoms with Crippen molar-refractivity contribution in [2.45, 2.75) is 19.4 Å². The lowest BCUT2D eigenvalue weighted by atomic mass is 10.3. The maximum atomic E-state index is 8.28. The molecule has 8 heavy (non-hydrogen) atoms. The van der Waals surface area contributed by atoms with Gasteiger partial charge in [0.1, 0.15) is 0 Å². The average Bonchev–Trinajstić information content (AvgIpc) is 1.68. The summed E-state index contributed by atoms with van der Waals surface area (Å²) in [4.78, 5) is 2.57. The Morgan fingerprint density at radius 3 is 2.88 bits per heavy atom. The minimum atomic E-state index is -0.0787. The first-order valence-corrected chi connectivity index (χ1v) is 2.46. The van der Waals surface area contributed by atoms with Crippen molar-refractivity contribution in [2.24, 2.45) is 5.11 Å². The summed E-state index contributed by atoms with van der Waals surface area (Å²) in [5.41, 5.74) is 7.84. The fraction of sp³-hybridized carbons (Fsp3) is 1.00. The summed E-state index contributed by atoms with van der Waals surface area (Å²) in [7, 11) is 0. The number of rotatable bonds is 3. The number of aliphatic hydroxyl groups is 1. The third kappa shape index (κ3) is 3.46. The standard InChI is InChI=1S/C4H9N3O/c1-4(2-3-8)6-7-5/h4,8H,2-3H2,1H3. The molecule has 0 aliphatic rings. The molecule has 4 heteroatoms. The van der Waals surface area contributed by atoms with Gasteiger partial charge in [-0.15, -0.1) is 0 Å². The SMILES string of the molecule is CC(CCO)N=[N+]=[N-]. The second-order valence-electron chi connectivity index (χ2n) is 1.57. The number of azide groups is 1. The molecule has 0 aliphatic carbocycles. The van der Waals surface area contributed by atoms with Crippen LogP contribution in [0.25, 0.3) is 10.4 Å². The Balaban J connectivity index is 3.31. The molecule has 0 aromatic rings. The molecule has 1 atom stereocenters. The van der Waals surface area contributed by atoms with E-state index in [4.69, 9.17) is 10.6 Å². The quantitative estimate of drug-likeness (QED) is 0.333. The molecule has 0 aliphatic heterocycles. The normalized spacial score (nSPS) is 12.2. The van der Waals surface area contributed by atoms with Crippen molar-refractivity contribution in [3.63, 3.8) is 0 Å². The van der Waals surface area contributed by atoms with Crippen LogP contribution in [0.15, 0.2) is 5.11 Å². The highest BCUT2D eigenvalue weighted by molar-refractivity contribution is 4.58. The van der Waals surface area contributed by atoms with Gasteiger partial charge in [0.15, 0.2) is 0 Å². The first-order valence-electron chi connectivity index (χ1n) is 2.46. The summed E-state index contributed by atoms with van der Waals surface area (Å²) in [5, 5.41) is 11.6. The zero-order valence-electron chi connectivity index (χ0n) is 4.78. The van der Waals surface area contributed by atoms with E-state index in [1.165, 1.54) is 0 Å². The average molecular weight is 115 g/mol. The van der Waals surface area contributed by atoms with E-state index in [0.29, 0.717) is 6.42 Å². The van der Waals surface area contributed by atoms with Crippen LogP contribution in [-0.4, -0.2) is 17.8 Å². The van der Waals surface area contributed by atoms with Crippen LogP contribution in [0.3, 0.4) is 0 Å². The van der Waals surface area contributed by atoms with Crippen LogP contribution < -0.4 is 0 Å². The van der Waals surface area contributed by atoms with Gasteiger partial charge in [0.2, 0.25) is 0 Å². The molecule has 0 fully saturated rings. The summed E-state index contributed by atoms with van der Waals surface area (Å²) < 4.78 is 0. The van der Waals surface area contributed by atoms with E-state index in [9.17, 15) is 0 Å². The zero-order chi connectivity index (χ0) is 6.41. The van der Waals surface area contributed by atoms with Crippen LogP contribution in [-0.2, 0) is 0 Å². The van der Waals surface area contributed by atoms with Gasteiger partial charge in [0.05, 0.1) is 0 Å². The highest BCUT2D eigenvalue weighted by Crippen LogP contribution is 1.93. The van der Waals surface area contributed by atoms with Gasteiger partial charge in [0.25, 0.3) is 0 Å². The van der Waals surface area contributed by atoms with Crippen molar-refractivity contribution in [1.82, 2.24) is 0 Å². The highest BCUT2D eigenvalue weighted by Gasteiger charge is 1.93. The van der Waals surface area contributed by atoms with Gasteiger partial charge in [-0.2, -0.15) is 0 Å². The predicted molar refractivity (Wildman–Crippen MR) is 30.3 cm³/mol. The van der Waals surface area contributed by atoms with Crippen LogP contribution in [0, 0.1) is 0 Å². The summed E-state index contributed by atoms with van der Waals surface area (Å²) >= 11 is 0. The second kappa shape index (κ2) is 4.43. The Labute approximate surface area is 47.8 Å². The summed E-state index contributed by atoms with van der Waals surface area (Å²) in [6.07, 6.45) is 0.546. The first-order chi connectivity index (χ1) is 3.81. The van der Waals surface area contributed by atoms with E-state index in [2.05, 4.69) is 10.0 Å². The Hall–Kier alpha value is -0.730. The number of nitrogens with zero attached hydrogens (tertiary/aromatic N) is 3. The number of hydrogen-bond acceptors (Lipinski definition) is 2. The summed E-state index contributed by atoms with van der Waals surface area (Å²) in [6, 6.07) is -0.0787. The summed E-state index contributed by atoms with van der Waals surface area (Å²) in [6.45, 7) is 1.84. The molecule has 0 heterocycles. The Kier molecular flexibility index (Phi) is 4.03. The van der Waals surface area contributed by atoms with E-state index in [0.717, 1.165) is 0 Å². The molecule has 1 N–H and O–H groups in total. The van der Waals surface area contributed by atoms with Gasteiger partial charge >= 0.3 is 0 Å². The topological polar surface area (TPSA) is 69.0 Å². The van der Waals surface area contributed by atoms with Crippen molar-refractivity contribution in [3.8, 4) is 0 Å². The Morgan fingerprint density at radius 1 is 1.88 bits per heavy atom. The third-order valence-corrected chi connectivity index (χ3v) is 0.796. The van der Waals surface area contributed by atoms with Crippen LogP contribution in [0.1, 0.15) is 13.3 Å². The minimum absolute atomic E-state index is 0.0787. The van der Waals surface area contributed by atoms with E-state index in [1.54, 1.807) is 6.92 Å². The molecule has 0 aromatic carbocycles. The largest absolute Gasteiger partial charge is 0.396 e. The molecule has 0 bridgehead atoms. The van der Waals surface area contributed by atoms with Crippen LogP contribution in [0.5, 0.6) is 0 Å². The van der Waals surface area contributed by atoms with Gasteiger partial charge in [-0.05, 0) is 12.0 Å². The fourth-order valence-corrected chi connectivity index (χ4v) is 0.333. The second-order valence-corrected chi connectivity index (χ2v) is 1.57. The van der Waals surface area contributed by atoms with Gasteiger partial charge in [0, 0.05) is 17.6 Å². The van der Waals surface area contributed by atoms with Crippen LogP contribution >= 0.6 is 0 Å². The van der Waals surface area contributed by atoms with Crippen molar-refractivity contribution >= 4 is 0 Å². The molecule has 46 valence electrons. The molecule has 0 rings (SSSR count). The number of aliphatic hydroxyl groups excluding tert-OH is 1. The smallest absolute Gasteiger partial charge is 0.0434 e. The van der Waals surface area contributed by atoms with Gasteiger partial charge in [-0.25, -0.2) is 0 Å². The Morgan fingerprint density at radius 2 is 2.50 bits per heavy atom.